The Morgan fingerprint density at radius 3 is 2.62 bits per heavy atom. The molecule has 2 atom stereocenters. The zero-order chi connectivity index (χ0) is 6.15. The van der Waals surface area contributed by atoms with Gasteiger partial charge in [0.2, 0.25) is 11.1 Å². The van der Waals surface area contributed by atoms with Crippen LogP contribution in [0.2, 0.25) is 0 Å². The van der Waals surface area contributed by atoms with Crippen LogP contribution in [0.4, 0.5) is 0 Å². The van der Waals surface area contributed by atoms with E-state index in [1.165, 1.54) is 0 Å². The average molecular weight is 155 g/mol. The summed E-state index contributed by atoms with van der Waals surface area (Å²) in [6, 6.07) is 0. The van der Waals surface area contributed by atoms with Crippen molar-refractivity contribution in [2.24, 2.45) is 0 Å². The number of rotatable bonds is 0. The molecule has 1 aliphatic heterocycles. The lowest BCUT2D eigenvalue weighted by molar-refractivity contribution is -0.110. The molecule has 5 heteroatoms. The highest BCUT2D eigenvalue weighted by Gasteiger charge is 2.30. The van der Waals surface area contributed by atoms with Crippen molar-refractivity contribution in [2.45, 2.75) is 5.38 Å². The van der Waals surface area contributed by atoms with Gasteiger partial charge >= 0.3 is 0 Å². The Morgan fingerprint density at radius 2 is 2.50 bits per heavy atom. The van der Waals surface area contributed by atoms with Gasteiger partial charge in [-0.25, -0.2) is 4.21 Å². The maximum Gasteiger partial charge on any atom is 0.266 e. The van der Waals surface area contributed by atoms with Crippen LogP contribution in [0, 0.1) is 0 Å². The van der Waals surface area contributed by atoms with Crippen molar-refractivity contribution in [2.75, 3.05) is 6.61 Å². The Labute approximate surface area is 53.6 Å². The van der Waals surface area contributed by atoms with E-state index in [2.05, 4.69) is 4.18 Å². The van der Waals surface area contributed by atoms with E-state index >= 15 is 0 Å². The molecule has 0 radical (unpaired) electrons. The van der Waals surface area contributed by atoms with E-state index in [9.17, 15) is 9.00 Å². The number of alkyl halides is 1. The smallest absolute Gasteiger partial charge is 0.266 e. The molecule has 1 fully saturated rings. The van der Waals surface area contributed by atoms with Crippen LogP contribution in [-0.2, 0) is 20.1 Å². The van der Waals surface area contributed by atoms with Gasteiger partial charge in [0.25, 0.3) is 5.12 Å². The molecule has 0 aliphatic carbocycles. The lowest BCUT2D eigenvalue weighted by Crippen LogP contribution is -2.09. The minimum Gasteiger partial charge on any atom is -0.282 e. The van der Waals surface area contributed by atoms with Gasteiger partial charge in [-0.05, 0) is 0 Å². The third-order valence-electron chi connectivity index (χ3n) is 0.741. The molecule has 0 aromatic carbocycles. The molecule has 1 aliphatic rings. The Morgan fingerprint density at radius 1 is 1.88 bits per heavy atom. The van der Waals surface area contributed by atoms with Crippen LogP contribution < -0.4 is 0 Å². The van der Waals surface area contributed by atoms with E-state index in [0.29, 0.717) is 0 Å². The Hall–Kier alpha value is 0.0700. The predicted octanol–water partition coefficient (Wildman–Crippen LogP) is -0.186. The van der Waals surface area contributed by atoms with Crippen molar-refractivity contribution >= 4 is 27.8 Å². The molecular formula is C3H3ClO3S. The van der Waals surface area contributed by atoms with E-state index in [4.69, 9.17) is 11.6 Å². The molecular weight excluding hydrogens is 152 g/mol. The molecule has 1 heterocycles. The fourth-order valence-electron chi connectivity index (χ4n) is 0.352. The van der Waals surface area contributed by atoms with Gasteiger partial charge in [0.05, 0.1) is 6.61 Å². The molecule has 8 heavy (non-hydrogen) atoms. The van der Waals surface area contributed by atoms with Crippen LogP contribution in [0.5, 0.6) is 0 Å². The summed E-state index contributed by atoms with van der Waals surface area (Å²) in [5.41, 5.74) is 0. The van der Waals surface area contributed by atoms with Crippen molar-refractivity contribution in [3.63, 3.8) is 0 Å². The largest absolute Gasteiger partial charge is 0.282 e. The molecule has 1 saturated heterocycles. The topological polar surface area (TPSA) is 43.4 Å². The first-order chi connectivity index (χ1) is 3.72. The molecule has 0 bridgehead atoms. The molecule has 0 spiro atoms. The summed E-state index contributed by atoms with van der Waals surface area (Å²) < 4.78 is 14.6. The Balaban J connectivity index is 2.71. The second-order valence-electron chi connectivity index (χ2n) is 1.31. The SMILES string of the molecule is O=C1C(Cl)COS1=O. The van der Waals surface area contributed by atoms with Crippen LogP contribution in [-0.4, -0.2) is 21.3 Å². The summed E-state index contributed by atoms with van der Waals surface area (Å²) in [6.07, 6.45) is 0. The first-order valence-corrected chi connectivity index (χ1v) is 3.46. The standard InChI is InChI=1S/C3H3ClO3S/c4-2-1-7-8(6)3(2)5/h2H,1H2. The molecule has 2 unspecified atom stereocenters. The minimum absolute atomic E-state index is 0.0764. The summed E-state index contributed by atoms with van der Waals surface area (Å²) in [5, 5.41) is -1.22. The Kier molecular flexibility index (Phi) is 1.65. The number of hydrogen-bond donors (Lipinski definition) is 0. The van der Waals surface area contributed by atoms with Crippen LogP contribution >= 0.6 is 11.6 Å². The zero-order valence-electron chi connectivity index (χ0n) is 3.80. The van der Waals surface area contributed by atoms with E-state index in [0.717, 1.165) is 0 Å². The van der Waals surface area contributed by atoms with E-state index in [1.54, 1.807) is 0 Å². The molecule has 0 N–H and O–H groups in total. The molecule has 0 aromatic heterocycles. The third-order valence-corrected chi connectivity index (χ3v) is 2.16. The summed E-state index contributed by atoms with van der Waals surface area (Å²) in [5.74, 6) is 0. The van der Waals surface area contributed by atoms with E-state index in [1.807, 2.05) is 0 Å². The highest BCUT2D eigenvalue weighted by Crippen LogP contribution is 2.11. The summed E-state index contributed by atoms with van der Waals surface area (Å²) in [6.45, 7) is 0.0764. The van der Waals surface area contributed by atoms with Gasteiger partial charge in [0.15, 0.2) is 0 Å². The minimum atomic E-state index is -1.77. The van der Waals surface area contributed by atoms with Crippen molar-refractivity contribution < 1.29 is 13.2 Å². The van der Waals surface area contributed by atoms with Crippen LogP contribution in [0.1, 0.15) is 0 Å². The second-order valence-corrected chi connectivity index (χ2v) is 2.94. The van der Waals surface area contributed by atoms with E-state index < -0.39 is 21.6 Å². The van der Waals surface area contributed by atoms with Gasteiger partial charge in [-0.2, -0.15) is 0 Å². The second kappa shape index (κ2) is 2.13. The normalized spacial score (nSPS) is 38.4. The first-order valence-electron chi connectivity index (χ1n) is 1.95. The highest BCUT2D eigenvalue weighted by atomic mass is 35.5. The molecule has 1 rings (SSSR count). The van der Waals surface area contributed by atoms with Gasteiger partial charge in [-0.1, -0.05) is 0 Å². The molecule has 46 valence electrons. The average Bonchev–Trinajstić information content (AvgIpc) is 1.98. The van der Waals surface area contributed by atoms with Crippen molar-refractivity contribution in [1.82, 2.24) is 0 Å². The predicted molar refractivity (Wildman–Crippen MR) is 28.7 cm³/mol. The zero-order valence-corrected chi connectivity index (χ0v) is 5.37. The fourth-order valence-corrected chi connectivity index (χ4v) is 1.36. The monoisotopic (exact) mass is 154 g/mol. The van der Waals surface area contributed by atoms with Crippen LogP contribution in [0.25, 0.3) is 0 Å². The lowest BCUT2D eigenvalue weighted by atomic mass is 10.5. The van der Waals surface area contributed by atoms with Crippen molar-refractivity contribution in [3.05, 3.63) is 0 Å². The van der Waals surface area contributed by atoms with Crippen LogP contribution in [0.3, 0.4) is 0 Å². The first kappa shape index (κ1) is 6.19. The van der Waals surface area contributed by atoms with Gasteiger partial charge in [0.1, 0.15) is 5.38 Å². The summed E-state index contributed by atoms with van der Waals surface area (Å²) >= 11 is 3.52. The van der Waals surface area contributed by atoms with E-state index in [-0.39, 0.29) is 6.61 Å². The van der Waals surface area contributed by atoms with Gasteiger partial charge in [-0.3, -0.25) is 8.98 Å². The number of carbonyl (C=O) groups excluding carboxylic acids is 1. The van der Waals surface area contributed by atoms with Gasteiger partial charge in [0, 0.05) is 0 Å². The number of hydrogen-bond acceptors (Lipinski definition) is 3. The van der Waals surface area contributed by atoms with Gasteiger partial charge < -0.3 is 0 Å². The highest BCUT2D eigenvalue weighted by molar-refractivity contribution is 7.96. The van der Waals surface area contributed by atoms with Crippen molar-refractivity contribution in [3.8, 4) is 0 Å². The summed E-state index contributed by atoms with van der Waals surface area (Å²) in [7, 11) is 0. The number of halogens is 1. The lowest BCUT2D eigenvalue weighted by Gasteiger charge is -1.82. The molecule has 3 nitrogen and oxygen atoms in total. The molecule has 0 aromatic rings. The van der Waals surface area contributed by atoms with Gasteiger partial charge in [-0.15, -0.1) is 11.6 Å². The third kappa shape index (κ3) is 0.913. The maximum atomic E-state index is 10.3. The Bertz CT molecular complexity index is 145. The van der Waals surface area contributed by atoms with Crippen molar-refractivity contribution in [1.29, 1.82) is 0 Å². The quantitative estimate of drug-likeness (QED) is 0.455. The maximum absolute atomic E-state index is 10.3. The molecule has 0 saturated carbocycles. The summed E-state index contributed by atoms with van der Waals surface area (Å²) in [4.78, 5) is 10.3. The number of carbonyl (C=O) groups is 1. The van der Waals surface area contributed by atoms with Crippen LogP contribution in [0.15, 0.2) is 0 Å². The fraction of sp³-hybridized carbons (Fsp3) is 0.667. The molecule has 0 amide bonds.